The zero-order chi connectivity index (χ0) is 13.3. The summed E-state index contributed by atoms with van der Waals surface area (Å²) in [7, 11) is 0. The van der Waals surface area contributed by atoms with Crippen molar-refractivity contribution in [3.05, 3.63) is 28.2 Å². The summed E-state index contributed by atoms with van der Waals surface area (Å²) >= 11 is 3.22. The number of carboxylic acid groups (broad SMARTS) is 1. The van der Waals surface area contributed by atoms with Gasteiger partial charge in [0.15, 0.2) is 0 Å². The summed E-state index contributed by atoms with van der Waals surface area (Å²) in [5, 5.41) is 20.1. The summed E-state index contributed by atoms with van der Waals surface area (Å²) in [5.74, 6) is -2.24. The SMILES string of the molecule is N#Cc1ccc(NC(=O)C2CC2C(=O)O)cc1Br. The van der Waals surface area contributed by atoms with Gasteiger partial charge in [-0.25, -0.2) is 0 Å². The van der Waals surface area contributed by atoms with Gasteiger partial charge in [0.2, 0.25) is 5.91 Å². The number of benzene rings is 1. The van der Waals surface area contributed by atoms with E-state index >= 15 is 0 Å². The van der Waals surface area contributed by atoms with Crippen molar-refractivity contribution in [1.29, 1.82) is 5.26 Å². The highest BCUT2D eigenvalue weighted by Gasteiger charge is 2.48. The third kappa shape index (κ3) is 2.51. The molecule has 0 heterocycles. The van der Waals surface area contributed by atoms with Crippen molar-refractivity contribution in [2.45, 2.75) is 6.42 Å². The average Bonchev–Trinajstić information content (AvgIpc) is 3.09. The fraction of sp³-hybridized carbons (Fsp3) is 0.250. The Balaban J connectivity index is 2.03. The van der Waals surface area contributed by atoms with Crippen LogP contribution < -0.4 is 5.32 Å². The quantitative estimate of drug-likeness (QED) is 0.893. The maximum absolute atomic E-state index is 11.7. The van der Waals surface area contributed by atoms with E-state index in [2.05, 4.69) is 21.2 Å². The first-order valence-electron chi connectivity index (χ1n) is 5.26. The number of nitrogens with zero attached hydrogens (tertiary/aromatic N) is 1. The fourth-order valence-electron chi connectivity index (χ4n) is 1.68. The number of rotatable bonds is 3. The Morgan fingerprint density at radius 2 is 2.17 bits per heavy atom. The van der Waals surface area contributed by atoms with E-state index in [1.165, 1.54) is 0 Å². The zero-order valence-electron chi connectivity index (χ0n) is 9.18. The number of carbonyl (C=O) groups excluding carboxylic acids is 1. The molecule has 0 bridgehead atoms. The molecule has 0 spiro atoms. The van der Waals surface area contributed by atoms with E-state index in [9.17, 15) is 9.59 Å². The largest absolute Gasteiger partial charge is 0.481 e. The topological polar surface area (TPSA) is 90.2 Å². The Kier molecular flexibility index (Phi) is 3.34. The van der Waals surface area contributed by atoms with Gasteiger partial charge in [0, 0.05) is 10.2 Å². The molecule has 92 valence electrons. The van der Waals surface area contributed by atoms with Crippen LogP contribution in [0.3, 0.4) is 0 Å². The molecule has 2 rings (SSSR count). The number of hydrogen-bond acceptors (Lipinski definition) is 3. The highest BCUT2D eigenvalue weighted by atomic mass is 79.9. The van der Waals surface area contributed by atoms with E-state index < -0.39 is 17.8 Å². The van der Waals surface area contributed by atoms with Crippen molar-refractivity contribution in [2.75, 3.05) is 5.32 Å². The van der Waals surface area contributed by atoms with Crippen molar-refractivity contribution >= 4 is 33.5 Å². The molecule has 2 unspecified atom stereocenters. The molecule has 6 heteroatoms. The second-order valence-corrected chi connectivity index (χ2v) is 4.94. The van der Waals surface area contributed by atoms with E-state index in [0.29, 0.717) is 22.1 Å². The summed E-state index contributed by atoms with van der Waals surface area (Å²) in [5.41, 5.74) is 1.02. The minimum atomic E-state index is -0.934. The zero-order valence-corrected chi connectivity index (χ0v) is 10.8. The first-order valence-corrected chi connectivity index (χ1v) is 6.05. The van der Waals surface area contributed by atoms with E-state index in [0.717, 1.165) is 0 Å². The number of carboxylic acids is 1. The van der Waals surface area contributed by atoms with Gasteiger partial charge in [-0.1, -0.05) is 0 Å². The highest BCUT2D eigenvalue weighted by molar-refractivity contribution is 9.10. The molecular formula is C12H9BrN2O3. The van der Waals surface area contributed by atoms with Crippen LogP contribution in [0.4, 0.5) is 5.69 Å². The van der Waals surface area contributed by atoms with Crippen LogP contribution in [0.15, 0.2) is 22.7 Å². The molecule has 1 amide bonds. The molecule has 2 atom stereocenters. The molecule has 1 aromatic rings. The predicted molar refractivity (Wildman–Crippen MR) is 66.7 cm³/mol. The average molecular weight is 309 g/mol. The number of carbonyl (C=O) groups is 2. The van der Waals surface area contributed by atoms with Crippen molar-refractivity contribution in [2.24, 2.45) is 11.8 Å². The Bertz CT molecular complexity index is 565. The van der Waals surface area contributed by atoms with Crippen molar-refractivity contribution in [3.63, 3.8) is 0 Å². The second-order valence-electron chi connectivity index (χ2n) is 4.08. The molecule has 0 saturated heterocycles. The van der Waals surface area contributed by atoms with Gasteiger partial charge < -0.3 is 10.4 Å². The first kappa shape index (κ1) is 12.6. The molecule has 1 fully saturated rings. The maximum atomic E-state index is 11.7. The van der Waals surface area contributed by atoms with Crippen molar-refractivity contribution < 1.29 is 14.7 Å². The number of amides is 1. The fourth-order valence-corrected chi connectivity index (χ4v) is 2.14. The van der Waals surface area contributed by atoms with Gasteiger partial charge in [0.05, 0.1) is 17.4 Å². The normalized spacial score (nSPS) is 20.9. The van der Waals surface area contributed by atoms with Crippen LogP contribution in [0.25, 0.3) is 0 Å². The Hall–Kier alpha value is -1.87. The van der Waals surface area contributed by atoms with Gasteiger partial charge in [-0.2, -0.15) is 5.26 Å². The summed E-state index contributed by atoms with van der Waals surface area (Å²) in [4.78, 5) is 22.3. The lowest BCUT2D eigenvalue weighted by molar-refractivity contribution is -0.139. The third-order valence-electron chi connectivity index (χ3n) is 2.80. The minimum absolute atomic E-state index is 0.293. The molecule has 0 aliphatic heterocycles. The summed E-state index contributed by atoms with van der Waals surface area (Å²) in [6.45, 7) is 0. The van der Waals surface area contributed by atoms with Crippen LogP contribution in [-0.2, 0) is 9.59 Å². The van der Waals surface area contributed by atoms with Crippen LogP contribution in [0.1, 0.15) is 12.0 Å². The minimum Gasteiger partial charge on any atom is -0.481 e. The van der Waals surface area contributed by atoms with E-state index in [4.69, 9.17) is 10.4 Å². The second kappa shape index (κ2) is 4.78. The van der Waals surface area contributed by atoms with Gasteiger partial charge >= 0.3 is 5.97 Å². The standard InChI is InChI=1S/C12H9BrN2O3/c13-10-3-7(2-1-6(10)5-14)15-11(16)8-4-9(8)12(17)18/h1-3,8-9H,4H2,(H,15,16)(H,17,18). The predicted octanol–water partition coefficient (Wildman–Crippen LogP) is 1.98. The van der Waals surface area contributed by atoms with Crippen LogP contribution in [-0.4, -0.2) is 17.0 Å². The van der Waals surface area contributed by atoms with Gasteiger partial charge in [0.25, 0.3) is 0 Å². The van der Waals surface area contributed by atoms with Crippen LogP contribution in [0, 0.1) is 23.2 Å². The number of hydrogen-bond donors (Lipinski definition) is 2. The Morgan fingerprint density at radius 1 is 1.44 bits per heavy atom. The number of anilines is 1. The molecule has 2 N–H and O–H groups in total. The lowest BCUT2D eigenvalue weighted by Gasteiger charge is -2.05. The van der Waals surface area contributed by atoms with Crippen molar-refractivity contribution in [1.82, 2.24) is 0 Å². The summed E-state index contributed by atoms with van der Waals surface area (Å²) in [6, 6.07) is 6.81. The Labute approximate surface area is 112 Å². The van der Waals surface area contributed by atoms with E-state index in [1.807, 2.05) is 6.07 Å². The van der Waals surface area contributed by atoms with Crippen LogP contribution in [0.5, 0.6) is 0 Å². The maximum Gasteiger partial charge on any atom is 0.307 e. The lowest BCUT2D eigenvalue weighted by Crippen LogP contribution is -2.16. The van der Waals surface area contributed by atoms with Crippen LogP contribution in [0.2, 0.25) is 0 Å². The molecule has 5 nitrogen and oxygen atoms in total. The molecule has 0 aromatic heterocycles. The molecule has 1 aromatic carbocycles. The monoisotopic (exact) mass is 308 g/mol. The molecule has 1 saturated carbocycles. The van der Waals surface area contributed by atoms with E-state index in [1.54, 1.807) is 18.2 Å². The third-order valence-corrected chi connectivity index (χ3v) is 3.46. The summed E-state index contributed by atoms with van der Waals surface area (Å²) in [6.07, 6.45) is 0.388. The van der Waals surface area contributed by atoms with Gasteiger partial charge in [0.1, 0.15) is 6.07 Å². The first-order chi connectivity index (χ1) is 8.52. The Morgan fingerprint density at radius 3 is 2.67 bits per heavy atom. The van der Waals surface area contributed by atoms with E-state index in [-0.39, 0.29) is 5.91 Å². The summed E-state index contributed by atoms with van der Waals surface area (Å²) < 4.78 is 0.591. The van der Waals surface area contributed by atoms with Gasteiger partial charge in [-0.05, 0) is 40.5 Å². The molecule has 0 radical (unpaired) electrons. The number of halogens is 1. The number of nitriles is 1. The lowest BCUT2D eigenvalue weighted by atomic mass is 10.2. The molecule has 1 aliphatic rings. The van der Waals surface area contributed by atoms with Gasteiger partial charge in [-0.3, -0.25) is 9.59 Å². The van der Waals surface area contributed by atoms with Crippen molar-refractivity contribution in [3.8, 4) is 6.07 Å². The molecular weight excluding hydrogens is 300 g/mol. The molecule has 18 heavy (non-hydrogen) atoms. The smallest absolute Gasteiger partial charge is 0.307 e. The number of aliphatic carboxylic acids is 1. The van der Waals surface area contributed by atoms with Crippen LogP contribution >= 0.6 is 15.9 Å². The molecule has 1 aliphatic carbocycles. The number of nitrogens with one attached hydrogen (secondary N) is 1. The van der Waals surface area contributed by atoms with Gasteiger partial charge in [-0.15, -0.1) is 0 Å². The highest BCUT2D eigenvalue weighted by Crippen LogP contribution is 2.39.